The first-order valence-electron chi connectivity index (χ1n) is 6.66. The van der Waals surface area contributed by atoms with E-state index in [9.17, 15) is 14.0 Å². The number of anilines is 1. The van der Waals surface area contributed by atoms with E-state index in [4.69, 9.17) is 5.73 Å². The maximum absolute atomic E-state index is 13.3. The van der Waals surface area contributed by atoms with Crippen molar-refractivity contribution in [1.82, 2.24) is 5.32 Å². The molecule has 0 aliphatic carbocycles. The second kappa shape index (κ2) is 6.47. The van der Waals surface area contributed by atoms with Crippen LogP contribution in [0.5, 0.6) is 0 Å². The van der Waals surface area contributed by atoms with E-state index in [1.807, 2.05) is 0 Å². The smallest absolute Gasteiger partial charge is 0.251 e. The zero-order chi connectivity index (χ0) is 14.5. The predicted molar refractivity (Wildman–Crippen MR) is 73.8 cm³/mol. The number of nitrogens with one attached hydrogen (secondary N) is 2. The lowest BCUT2D eigenvalue weighted by Crippen LogP contribution is -2.32. The lowest BCUT2D eigenvalue weighted by Gasteiger charge is -2.22. The Morgan fingerprint density at radius 1 is 1.45 bits per heavy atom. The molecule has 1 aliphatic heterocycles. The monoisotopic (exact) mass is 279 g/mol. The summed E-state index contributed by atoms with van der Waals surface area (Å²) in [6.07, 6.45) is 2.51. The number of carbonyl (C=O) groups excluding carboxylic acids is 2. The van der Waals surface area contributed by atoms with E-state index in [1.54, 1.807) is 0 Å². The Morgan fingerprint density at radius 2 is 2.25 bits per heavy atom. The lowest BCUT2D eigenvalue weighted by molar-refractivity contribution is -0.117. The average molecular weight is 279 g/mol. The lowest BCUT2D eigenvalue weighted by atomic mass is 9.96. The molecule has 1 unspecified atom stereocenters. The van der Waals surface area contributed by atoms with E-state index < -0.39 is 11.7 Å². The Kier molecular flexibility index (Phi) is 4.68. The Labute approximate surface area is 116 Å². The fraction of sp³-hybridized carbons (Fsp3) is 0.429. The second-order valence-electron chi connectivity index (χ2n) is 5.02. The molecule has 6 heteroatoms. The van der Waals surface area contributed by atoms with Gasteiger partial charge >= 0.3 is 0 Å². The number of amides is 2. The van der Waals surface area contributed by atoms with Gasteiger partial charge in [-0.05, 0) is 50.0 Å². The van der Waals surface area contributed by atoms with Gasteiger partial charge in [-0.2, -0.15) is 0 Å². The second-order valence-corrected chi connectivity index (χ2v) is 5.02. The van der Waals surface area contributed by atoms with Crippen molar-refractivity contribution in [2.75, 3.05) is 18.4 Å². The number of benzene rings is 1. The minimum atomic E-state index is -0.852. The molecule has 0 saturated carbocycles. The van der Waals surface area contributed by atoms with Gasteiger partial charge in [-0.25, -0.2) is 4.39 Å². The van der Waals surface area contributed by atoms with Gasteiger partial charge in [-0.15, -0.1) is 0 Å². The molecule has 1 saturated heterocycles. The first-order valence-corrected chi connectivity index (χ1v) is 6.66. The van der Waals surface area contributed by atoms with Gasteiger partial charge < -0.3 is 16.4 Å². The van der Waals surface area contributed by atoms with Crippen LogP contribution in [0.25, 0.3) is 0 Å². The molecule has 1 fully saturated rings. The van der Waals surface area contributed by atoms with E-state index >= 15 is 0 Å². The summed E-state index contributed by atoms with van der Waals surface area (Å²) >= 11 is 0. The van der Waals surface area contributed by atoms with Gasteiger partial charge in [0.15, 0.2) is 0 Å². The topological polar surface area (TPSA) is 84.2 Å². The van der Waals surface area contributed by atoms with Crippen LogP contribution in [-0.2, 0) is 4.79 Å². The minimum absolute atomic E-state index is 0.138. The molecule has 20 heavy (non-hydrogen) atoms. The Morgan fingerprint density at radius 3 is 2.90 bits per heavy atom. The van der Waals surface area contributed by atoms with E-state index in [0.717, 1.165) is 32.0 Å². The van der Waals surface area contributed by atoms with Crippen molar-refractivity contribution in [3.05, 3.63) is 29.6 Å². The number of halogens is 1. The number of nitrogens with two attached hydrogens (primary N) is 1. The van der Waals surface area contributed by atoms with Gasteiger partial charge in [-0.1, -0.05) is 0 Å². The standard InChI is InChI=1S/C14H18FN3O2/c15-12-4-3-10(7-11(12)14(16)20)18-13(19)6-9-2-1-5-17-8-9/h3-4,7,9,17H,1-2,5-6,8H2,(H2,16,20)(H,18,19). The van der Waals surface area contributed by atoms with Crippen molar-refractivity contribution in [1.29, 1.82) is 0 Å². The molecule has 2 rings (SSSR count). The van der Waals surface area contributed by atoms with E-state index in [2.05, 4.69) is 10.6 Å². The van der Waals surface area contributed by atoms with Crippen molar-refractivity contribution < 1.29 is 14.0 Å². The first kappa shape index (κ1) is 14.5. The molecule has 0 aromatic heterocycles. The summed E-state index contributed by atoms with van der Waals surface area (Å²) in [5.74, 6) is -1.36. The summed E-state index contributed by atoms with van der Waals surface area (Å²) in [7, 11) is 0. The van der Waals surface area contributed by atoms with Crippen LogP contribution in [0.1, 0.15) is 29.6 Å². The van der Waals surface area contributed by atoms with Crippen LogP contribution in [0.15, 0.2) is 18.2 Å². The molecule has 0 spiro atoms. The molecule has 0 radical (unpaired) electrons. The third-order valence-corrected chi connectivity index (χ3v) is 3.39. The zero-order valence-electron chi connectivity index (χ0n) is 11.1. The third kappa shape index (κ3) is 3.77. The minimum Gasteiger partial charge on any atom is -0.366 e. The highest BCUT2D eigenvalue weighted by atomic mass is 19.1. The number of piperidine rings is 1. The zero-order valence-corrected chi connectivity index (χ0v) is 11.1. The Balaban J connectivity index is 1.96. The highest BCUT2D eigenvalue weighted by Crippen LogP contribution is 2.17. The average Bonchev–Trinajstić information content (AvgIpc) is 2.41. The number of carbonyl (C=O) groups is 2. The fourth-order valence-electron chi connectivity index (χ4n) is 2.36. The summed E-state index contributed by atoms with van der Waals surface area (Å²) in [6.45, 7) is 1.83. The summed E-state index contributed by atoms with van der Waals surface area (Å²) < 4.78 is 13.3. The van der Waals surface area contributed by atoms with Crippen molar-refractivity contribution in [3.63, 3.8) is 0 Å². The molecule has 2 amide bonds. The van der Waals surface area contributed by atoms with Crippen LogP contribution < -0.4 is 16.4 Å². The molecular weight excluding hydrogens is 261 g/mol. The molecule has 1 heterocycles. The van der Waals surface area contributed by atoms with Crippen molar-refractivity contribution >= 4 is 17.5 Å². The molecule has 1 aromatic rings. The highest BCUT2D eigenvalue weighted by molar-refractivity contribution is 5.96. The van der Waals surface area contributed by atoms with Gasteiger partial charge in [0.05, 0.1) is 5.56 Å². The molecule has 0 bridgehead atoms. The molecule has 4 N–H and O–H groups in total. The van der Waals surface area contributed by atoms with E-state index in [0.29, 0.717) is 18.0 Å². The Bertz CT molecular complexity index is 513. The van der Waals surface area contributed by atoms with Crippen LogP contribution >= 0.6 is 0 Å². The fourth-order valence-corrected chi connectivity index (χ4v) is 2.36. The summed E-state index contributed by atoms with van der Waals surface area (Å²) in [5, 5.41) is 5.92. The largest absolute Gasteiger partial charge is 0.366 e. The molecule has 5 nitrogen and oxygen atoms in total. The van der Waals surface area contributed by atoms with Gasteiger partial charge in [-0.3, -0.25) is 9.59 Å². The van der Waals surface area contributed by atoms with Crippen LogP contribution in [0.2, 0.25) is 0 Å². The molecular formula is C14H18FN3O2. The molecule has 1 aliphatic rings. The van der Waals surface area contributed by atoms with Crippen molar-refractivity contribution in [2.24, 2.45) is 11.7 Å². The van der Waals surface area contributed by atoms with Crippen LogP contribution in [0.3, 0.4) is 0 Å². The van der Waals surface area contributed by atoms with E-state index in [-0.39, 0.29) is 11.5 Å². The SMILES string of the molecule is NC(=O)c1cc(NC(=O)CC2CCCNC2)ccc1F. The van der Waals surface area contributed by atoms with Crippen molar-refractivity contribution in [2.45, 2.75) is 19.3 Å². The van der Waals surface area contributed by atoms with Gasteiger partial charge in [0.1, 0.15) is 5.82 Å². The normalized spacial score (nSPS) is 18.6. The van der Waals surface area contributed by atoms with E-state index in [1.165, 1.54) is 12.1 Å². The van der Waals surface area contributed by atoms with Crippen LogP contribution in [0.4, 0.5) is 10.1 Å². The number of primary amides is 1. The predicted octanol–water partition coefficient (Wildman–Crippen LogP) is 1.25. The maximum atomic E-state index is 13.3. The Hall–Kier alpha value is -1.95. The third-order valence-electron chi connectivity index (χ3n) is 3.39. The molecule has 1 aromatic carbocycles. The number of hydrogen-bond donors (Lipinski definition) is 3. The first-order chi connectivity index (χ1) is 9.56. The van der Waals surface area contributed by atoms with Crippen LogP contribution in [-0.4, -0.2) is 24.9 Å². The van der Waals surface area contributed by atoms with Gasteiger partial charge in [0.25, 0.3) is 5.91 Å². The number of rotatable bonds is 4. The summed E-state index contributed by atoms with van der Waals surface area (Å²) in [5.41, 5.74) is 5.23. The number of hydrogen-bond acceptors (Lipinski definition) is 3. The highest BCUT2D eigenvalue weighted by Gasteiger charge is 2.17. The quantitative estimate of drug-likeness (QED) is 0.775. The summed E-state index contributed by atoms with van der Waals surface area (Å²) in [6, 6.07) is 3.80. The van der Waals surface area contributed by atoms with Gasteiger partial charge in [0.2, 0.25) is 5.91 Å². The molecule has 108 valence electrons. The van der Waals surface area contributed by atoms with Crippen LogP contribution in [0, 0.1) is 11.7 Å². The van der Waals surface area contributed by atoms with Crippen molar-refractivity contribution in [3.8, 4) is 0 Å². The molecule has 1 atom stereocenters. The summed E-state index contributed by atoms with van der Waals surface area (Å²) in [4.78, 5) is 22.9. The maximum Gasteiger partial charge on any atom is 0.251 e. The van der Waals surface area contributed by atoms with Gasteiger partial charge in [0, 0.05) is 12.1 Å².